The summed E-state index contributed by atoms with van der Waals surface area (Å²) in [5.41, 5.74) is 2.79. The maximum Gasteiger partial charge on any atom is 0.180 e. The third kappa shape index (κ3) is 5.48. The third-order valence-electron chi connectivity index (χ3n) is 4.02. The molecule has 0 radical (unpaired) electrons. The zero-order valence-electron chi connectivity index (χ0n) is 15.3. The van der Waals surface area contributed by atoms with Gasteiger partial charge >= 0.3 is 0 Å². The van der Waals surface area contributed by atoms with E-state index in [0.29, 0.717) is 46.3 Å². The van der Waals surface area contributed by atoms with Gasteiger partial charge in [-0.05, 0) is 48.9 Å². The fourth-order valence-corrected chi connectivity index (χ4v) is 3.36. The molecule has 6 heteroatoms. The van der Waals surface area contributed by atoms with Crippen molar-refractivity contribution in [3.05, 3.63) is 86.9 Å². The van der Waals surface area contributed by atoms with Crippen LogP contribution in [0.1, 0.15) is 18.1 Å². The van der Waals surface area contributed by atoms with Crippen LogP contribution in [0.3, 0.4) is 0 Å². The number of hydrogen-bond acceptors (Lipinski definition) is 3. The van der Waals surface area contributed by atoms with Crippen molar-refractivity contribution < 1.29 is 9.47 Å². The van der Waals surface area contributed by atoms with Crippen LogP contribution in [0.15, 0.2) is 60.7 Å². The Morgan fingerprint density at radius 2 is 1.68 bits per heavy atom. The van der Waals surface area contributed by atoms with Gasteiger partial charge in [-0.1, -0.05) is 59.1 Å². The molecule has 0 aliphatic heterocycles. The molecule has 1 N–H and O–H groups in total. The van der Waals surface area contributed by atoms with Crippen LogP contribution < -0.4 is 14.8 Å². The van der Waals surface area contributed by atoms with Crippen molar-refractivity contribution in [3.63, 3.8) is 0 Å². The number of benzene rings is 3. The minimum absolute atomic E-state index is 0.305. The molecule has 0 aromatic heterocycles. The maximum absolute atomic E-state index is 6.50. The Kier molecular flexibility index (Phi) is 7.32. The molecule has 3 nitrogen and oxygen atoms in total. The topological polar surface area (TPSA) is 30.5 Å². The molecule has 0 atom stereocenters. The van der Waals surface area contributed by atoms with Gasteiger partial charge in [-0.15, -0.1) is 0 Å². The molecular formula is C22H20Cl3NO2. The summed E-state index contributed by atoms with van der Waals surface area (Å²) < 4.78 is 11.7. The molecule has 0 heterocycles. The van der Waals surface area contributed by atoms with Gasteiger partial charge in [-0.2, -0.15) is 0 Å². The highest BCUT2D eigenvalue weighted by atomic mass is 35.5. The van der Waals surface area contributed by atoms with Gasteiger partial charge < -0.3 is 14.8 Å². The van der Waals surface area contributed by atoms with E-state index in [0.717, 1.165) is 16.8 Å². The van der Waals surface area contributed by atoms with E-state index >= 15 is 0 Å². The Morgan fingerprint density at radius 1 is 0.857 bits per heavy atom. The second-order valence-corrected chi connectivity index (χ2v) is 7.33. The Balaban J connectivity index is 1.76. The number of hydrogen-bond donors (Lipinski definition) is 1. The van der Waals surface area contributed by atoms with E-state index in [-0.39, 0.29) is 0 Å². The normalized spacial score (nSPS) is 10.6. The van der Waals surface area contributed by atoms with Crippen molar-refractivity contribution in [1.29, 1.82) is 0 Å². The standard InChI is InChI=1S/C22H20Cl3NO2/c1-2-27-21-11-15(13-26-18-8-5-7-17(23)12-18)10-20(25)22(21)28-14-16-6-3-4-9-19(16)24/h3-12,26H,2,13-14H2,1H3. The van der Waals surface area contributed by atoms with E-state index in [1.165, 1.54) is 0 Å². The molecule has 0 bridgehead atoms. The Labute approximate surface area is 180 Å². The van der Waals surface area contributed by atoms with Gasteiger partial charge in [0.1, 0.15) is 6.61 Å². The molecular weight excluding hydrogens is 417 g/mol. The van der Waals surface area contributed by atoms with Crippen LogP contribution in [0.25, 0.3) is 0 Å². The monoisotopic (exact) mass is 435 g/mol. The molecule has 0 saturated carbocycles. The van der Waals surface area contributed by atoms with E-state index in [2.05, 4.69) is 5.32 Å². The van der Waals surface area contributed by atoms with Crippen molar-refractivity contribution in [1.82, 2.24) is 0 Å². The third-order valence-corrected chi connectivity index (χ3v) is 4.90. The van der Waals surface area contributed by atoms with Crippen molar-refractivity contribution in [2.24, 2.45) is 0 Å². The second-order valence-electron chi connectivity index (χ2n) is 6.08. The summed E-state index contributed by atoms with van der Waals surface area (Å²) in [7, 11) is 0. The van der Waals surface area contributed by atoms with Crippen LogP contribution in [0, 0.1) is 0 Å². The molecule has 3 rings (SSSR count). The second kappa shape index (κ2) is 9.92. The Hall–Kier alpha value is -2.07. The van der Waals surface area contributed by atoms with Crippen molar-refractivity contribution in [2.45, 2.75) is 20.1 Å². The zero-order chi connectivity index (χ0) is 19.9. The van der Waals surface area contributed by atoms with Gasteiger partial charge in [0, 0.05) is 27.8 Å². The van der Waals surface area contributed by atoms with Crippen LogP contribution in [0.2, 0.25) is 15.1 Å². The Morgan fingerprint density at radius 3 is 2.43 bits per heavy atom. The van der Waals surface area contributed by atoms with Gasteiger partial charge in [0.05, 0.1) is 11.6 Å². The SMILES string of the molecule is CCOc1cc(CNc2cccc(Cl)c2)cc(Cl)c1OCc1ccccc1Cl. The first-order valence-corrected chi connectivity index (χ1v) is 10.0. The summed E-state index contributed by atoms with van der Waals surface area (Å²) in [6, 6.07) is 18.9. The molecule has 0 unspecified atom stereocenters. The molecule has 0 fully saturated rings. The van der Waals surface area contributed by atoms with Gasteiger partial charge in [0.25, 0.3) is 0 Å². The summed E-state index contributed by atoms with van der Waals surface area (Å²) in [5.74, 6) is 1.11. The molecule has 0 spiro atoms. The predicted octanol–water partition coefficient (Wildman–Crippen LogP) is 7.24. The maximum atomic E-state index is 6.50. The summed E-state index contributed by atoms with van der Waals surface area (Å²) in [5, 5.41) is 5.15. The molecule has 0 aliphatic rings. The summed E-state index contributed by atoms with van der Waals surface area (Å²) in [6.07, 6.45) is 0. The average Bonchev–Trinajstić information content (AvgIpc) is 2.67. The number of halogens is 3. The van der Waals surface area contributed by atoms with Crippen LogP contribution in [0.5, 0.6) is 11.5 Å². The number of rotatable bonds is 8. The summed E-state index contributed by atoms with van der Waals surface area (Å²) in [6.45, 7) is 3.30. The van der Waals surface area contributed by atoms with Crippen molar-refractivity contribution in [2.75, 3.05) is 11.9 Å². The number of anilines is 1. The minimum atomic E-state index is 0.305. The molecule has 0 saturated heterocycles. The van der Waals surface area contributed by atoms with Gasteiger partial charge in [0.15, 0.2) is 11.5 Å². The lowest BCUT2D eigenvalue weighted by atomic mass is 10.2. The average molecular weight is 437 g/mol. The van der Waals surface area contributed by atoms with Crippen LogP contribution >= 0.6 is 34.8 Å². The van der Waals surface area contributed by atoms with Gasteiger partial charge in [-0.25, -0.2) is 0 Å². The first-order chi connectivity index (χ1) is 13.6. The van der Waals surface area contributed by atoms with E-state index in [1.807, 2.05) is 67.6 Å². The summed E-state index contributed by atoms with van der Waals surface area (Å²) >= 11 is 18.7. The first-order valence-electron chi connectivity index (χ1n) is 8.87. The molecule has 0 amide bonds. The predicted molar refractivity (Wildman–Crippen MR) is 117 cm³/mol. The lowest BCUT2D eigenvalue weighted by Gasteiger charge is -2.16. The highest BCUT2D eigenvalue weighted by molar-refractivity contribution is 6.32. The highest BCUT2D eigenvalue weighted by Gasteiger charge is 2.14. The molecule has 0 aliphatic carbocycles. The van der Waals surface area contributed by atoms with Crippen LogP contribution in [-0.4, -0.2) is 6.61 Å². The lowest BCUT2D eigenvalue weighted by molar-refractivity contribution is 0.269. The quantitative estimate of drug-likeness (QED) is 0.404. The van der Waals surface area contributed by atoms with Crippen LogP contribution in [0.4, 0.5) is 5.69 Å². The van der Waals surface area contributed by atoms with E-state index in [9.17, 15) is 0 Å². The number of nitrogens with one attached hydrogen (secondary N) is 1. The largest absolute Gasteiger partial charge is 0.490 e. The lowest BCUT2D eigenvalue weighted by Crippen LogP contribution is -2.04. The molecule has 28 heavy (non-hydrogen) atoms. The fourth-order valence-electron chi connectivity index (χ4n) is 2.69. The first kappa shape index (κ1) is 20.7. The van der Waals surface area contributed by atoms with Crippen LogP contribution in [-0.2, 0) is 13.2 Å². The van der Waals surface area contributed by atoms with E-state index in [1.54, 1.807) is 0 Å². The zero-order valence-corrected chi connectivity index (χ0v) is 17.6. The van der Waals surface area contributed by atoms with Crippen molar-refractivity contribution >= 4 is 40.5 Å². The Bertz CT molecular complexity index is 947. The fraction of sp³-hybridized carbons (Fsp3) is 0.182. The smallest absolute Gasteiger partial charge is 0.180 e. The highest BCUT2D eigenvalue weighted by Crippen LogP contribution is 2.37. The molecule has 146 valence electrons. The van der Waals surface area contributed by atoms with Gasteiger partial charge in [-0.3, -0.25) is 0 Å². The van der Waals surface area contributed by atoms with E-state index < -0.39 is 0 Å². The summed E-state index contributed by atoms with van der Waals surface area (Å²) in [4.78, 5) is 0. The minimum Gasteiger partial charge on any atom is -0.490 e. The van der Waals surface area contributed by atoms with Gasteiger partial charge in [0.2, 0.25) is 0 Å². The van der Waals surface area contributed by atoms with E-state index in [4.69, 9.17) is 44.3 Å². The number of ether oxygens (including phenoxy) is 2. The molecule has 3 aromatic rings. The molecule has 3 aromatic carbocycles. The van der Waals surface area contributed by atoms with Crippen molar-refractivity contribution in [3.8, 4) is 11.5 Å².